The van der Waals surface area contributed by atoms with Crippen LogP contribution >= 0.6 is 0 Å². The van der Waals surface area contributed by atoms with Crippen LogP contribution in [-0.4, -0.2) is 11.2 Å². The lowest BCUT2D eigenvalue weighted by molar-refractivity contribution is 0.197. The Morgan fingerprint density at radius 3 is 2.70 bits per heavy atom. The van der Waals surface area contributed by atoms with Crippen molar-refractivity contribution in [2.45, 2.75) is 32.3 Å². The zero-order chi connectivity index (χ0) is 7.98. The van der Waals surface area contributed by atoms with Crippen LogP contribution in [0.15, 0.2) is 24.8 Å². The molecular formula is C9H16O. The fraction of sp³-hybridized carbons (Fsp3) is 0.556. The molecule has 1 heteroatoms. The Morgan fingerprint density at radius 2 is 2.30 bits per heavy atom. The predicted molar refractivity (Wildman–Crippen MR) is 44.9 cm³/mol. The predicted octanol–water partition coefficient (Wildman–Crippen LogP) is 2.28. The summed E-state index contributed by atoms with van der Waals surface area (Å²) in [7, 11) is 0. The zero-order valence-corrected chi connectivity index (χ0v) is 6.64. The summed E-state index contributed by atoms with van der Waals surface area (Å²) in [5.74, 6) is 0. The molecule has 0 aliphatic rings. The second-order valence-electron chi connectivity index (χ2n) is 2.46. The lowest BCUT2D eigenvalue weighted by atomic mass is 10.0. The third-order valence-corrected chi connectivity index (χ3v) is 1.44. The van der Waals surface area contributed by atoms with Crippen LogP contribution in [0.5, 0.6) is 0 Å². The summed E-state index contributed by atoms with van der Waals surface area (Å²) in [5.41, 5.74) is 0.872. The van der Waals surface area contributed by atoms with Crippen LogP contribution in [0.1, 0.15) is 26.2 Å². The van der Waals surface area contributed by atoms with E-state index < -0.39 is 0 Å². The van der Waals surface area contributed by atoms with Crippen LogP contribution in [0, 0.1) is 0 Å². The van der Waals surface area contributed by atoms with Gasteiger partial charge in [0, 0.05) is 0 Å². The summed E-state index contributed by atoms with van der Waals surface area (Å²) in [6, 6.07) is 0. The van der Waals surface area contributed by atoms with Crippen molar-refractivity contribution in [3.8, 4) is 0 Å². The standard InChI is InChI=1S/C9H16O/c1-4-6-8(3)9(10)7-5-2/h4,9-10H,1,3,5-7H2,2H3. The van der Waals surface area contributed by atoms with Gasteiger partial charge in [-0.3, -0.25) is 0 Å². The molecule has 0 rings (SSSR count). The first kappa shape index (κ1) is 9.44. The Balaban J connectivity index is 3.58. The topological polar surface area (TPSA) is 20.2 Å². The molecule has 0 radical (unpaired) electrons. The van der Waals surface area contributed by atoms with Crippen LogP contribution < -0.4 is 0 Å². The first-order valence-corrected chi connectivity index (χ1v) is 3.69. The summed E-state index contributed by atoms with van der Waals surface area (Å²) >= 11 is 0. The maximum Gasteiger partial charge on any atom is 0.0750 e. The van der Waals surface area contributed by atoms with Gasteiger partial charge in [-0.1, -0.05) is 26.0 Å². The lowest BCUT2D eigenvalue weighted by Gasteiger charge is -2.09. The number of hydrogen-bond acceptors (Lipinski definition) is 1. The van der Waals surface area contributed by atoms with Gasteiger partial charge in [0.1, 0.15) is 0 Å². The molecule has 1 N–H and O–H groups in total. The van der Waals surface area contributed by atoms with E-state index in [1.165, 1.54) is 0 Å². The van der Waals surface area contributed by atoms with Crippen molar-refractivity contribution < 1.29 is 5.11 Å². The van der Waals surface area contributed by atoms with E-state index in [4.69, 9.17) is 0 Å². The SMILES string of the molecule is C=CCC(=C)C(O)CCC. The Bertz CT molecular complexity index is 116. The van der Waals surface area contributed by atoms with Gasteiger partial charge in [0.2, 0.25) is 0 Å². The smallest absolute Gasteiger partial charge is 0.0750 e. The van der Waals surface area contributed by atoms with Crippen molar-refractivity contribution in [2.24, 2.45) is 0 Å². The molecule has 10 heavy (non-hydrogen) atoms. The highest BCUT2D eigenvalue weighted by Crippen LogP contribution is 2.09. The molecule has 0 aromatic carbocycles. The van der Waals surface area contributed by atoms with Gasteiger partial charge in [0.25, 0.3) is 0 Å². The van der Waals surface area contributed by atoms with Crippen molar-refractivity contribution in [3.05, 3.63) is 24.8 Å². The normalized spacial score (nSPS) is 12.6. The summed E-state index contributed by atoms with van der Waals surface area (Å²) in [4.78, 5) is 0. The molecule has 58 valence electrons. The minimum Gasteiger partial charge on any atom is -0.389 e. The van der Waals surface area contributed by atoms with E-state index in [2.05, 4.69) is 13.2 Å². The first-order valence-electron chi connectivity index (χ1n) is 3.69. The molecule has 0 aliphatic carbocycles. The van der Waals surface area contributed by atoms with Crippen molar-refractivity contribution in [2.75, 3.05) is 0 Å². The van der Waals surface area contributed by atoms with Crippen LogP contribution in [0.25, 0.3) is 0 Å². The van der Waals surface area contributed by atoms with E-state index in [1.807, 2.05) is 6.92 Å². The molecule has 1 atom stereocenters. The fourth-order valence-corrected chi connectivity index (χ4v) is 0.799. The Labute approximate surface area is 63.1 Å². The molecule has 0 spiro atoms. The maximum atomic E-state index is 9.30. The third-order valence-electron chi connectivity index (χ3n) is 1.44. The highest BCUT2D eigenvalue weighted by atomic mass is 16.3. The van der Waals surface area contributed by atoms with Crippen molar-refractivity contribution in [1.29, 1.82) is 0 Å². The molecule has 0 bridgehead atoms. The monoisotopic (exact) mass is 140 g/mol. The Hall–Kier alpha value is -0.560. The molecule has 0 fully saturated rings. The molecule has 0 aromatic heterocycles. The van der Waals surface area contributed by atoms with Crippen LogP contribution in [-0.2, 0) is 0 Å². The average Bonchev–Trinajstić information content (AvgIpc) is 1.89. The summed E-state index contributed by atoms with van der Waals surface area (Å²) in [6.45, 7) is 9.36. The molecule has 0 aromatic rings. The van der Waals surface area contributed by atoms with Gasteiger partial charge in [-0.05, 0) is 18.4 Å². The highest BCUT2D eigenvalue weighted by molar-refractivity contribution is 5.05. The third kappa shape index (κ3) is 3.46. The number of rotatable bonds is 5. The van der Waals surface area contributed by atoms with Gasteiger partial charge in [0.15, 0.2) is 0 Å². The van der Waals surface area contributed by atoms with Crippen LogP contribution in [0.2, 0.25) is 0 Å². The summed E-state index contributed by atoms with van der Waals surface area (Å²) < 4.78 is 0. The summed E-state index contributed by atoms with van der Waals surface area (Å²) in [5, 5.41) is 9.30. The molecule has 0 amide bonds. The second kappa shape index (κ2) is 5.24. The molecule has 0 saturated heterocycles. The van der Waals surface area contributed by atoms with Crippen molar-refractivity contribution in [3.63, 3.8) is 0 Å². The van der Waals surface area contributed by atoms with E-state index in [1.54, 1.807) is 6.08 Å². The molecule has 1 unspecified atom stereocenters. The van der Waals surface area contributed by atoms with E-state index in [0.29, 0.717) is 0 Å². The average molecular weight is 140 g/mol. The quantitative estimate of drug-likeness (QED) is 0.581. The second-order valence-corrected chi connectivity index (χ2v) is 2.46. The molecule has 1 nitrogen and oxygen atoms in total. The molecule has 0 saturated carbocycles. The van der Waals surface area contributed by atoms with Gasteiger partial charge in [-0.15, -0.1) is 6.58 Å². The van der Waals surface area contributed by atoms with Crippen LogP contribution in [0.3, 0.4) is 0 Å². The minimum absolute atomic E-state index is 0.331. The number of hydrogen-bond donors (Lipinski definition) is 1. The maximum absolute atomic E-state index is 9.30. The largest absolute Gasteiger partial charge is 0.389 e. The van der Waals surface area contributed by atoms with Crippen molar-refractivity contribution in [1.82, 2.24) is 0 Å². The van der Waals surface area contributed by atoms with Crippen LogP contribution in [0.4, 0.5) is 0 Å². The number of allylic oxidation sites excluding steroid dienone is 1. The first-order chi connectivity index (χ1) is 4.72. The van der Waals surface area contributed by atoms with Gasteiger partial charge >= 0.3 is 0 Å². The Kier molecular flexibility index (Phi) is 4.95. The minimum atomic E-state index is -0.331. The van der Waals surface area contributed by atoms with Gasteiger partial charge in [-0.25, -0.2) is 0 Å². The Morgan fingerprint density at radius 1 is 1.70 bits per heavy atom. The molecule has 0 heterocycles. The van der Waals surface area contributed by atoms with E-state index in [-0.39, 0.29) is 6.10 Å². The summed E-state index contributed by atoms with van der Waals surface area (Å²) in [6.07, 6.45) is 3.97. The molecular weight excluding hydrogens is 124 g/mol. The van der Waals surface area contributed by atoms with E-state index >= 15 is 0 Å². The molecule has 0 aliphatic heterocycles. The fourth-order valence-electron chi connectivity index (χ4n) is 0.799. The number of aliphatic hydroxyl groups excluding tert-OH is 1. The highest BCUT2D eigenvalue weighted by Gasteiger charge is 2.04. The van der Waals surface area contributed by atoms with Crippen molar-refractivity contribution >= 4 is 0 Å². The zero-order valence-electron chi connectivity index (χ0n) is 6.64. The van der Waals surface area contributed by atoms with Gasteiger partial charge < -0.3 is 5.11 Å². The number of aliphatic hydroxyl groups is 1. The lowest BCUT2D eigenvalue weighted by Crippen LogP contribution is -2.07. The van der Waals surface area contributed by atoms with Gasteiger partial charge in [-0.2, -0.15) is 0 Å². The van der Waals surface area contributed by atoms with E-state index in [9.17, 15) is 5.11 Å². The van der Waals surface area contributed by atoms with E-state index in [0.717, 1.165) is 24.8 Å². The van der Waals surface area contributed by atoms with Gasteiger partial charge in [0.05, 0.1) is 6.10 Å².